The number of halogens is 3. The molecule has 1 aromatic heterocycles. The van der Waals surface area contributed by atoms with Crippen LogP contribution in [0.15, 0.2) is 24.3 Å². The SMILES string of the molecule is CCCc1c(Cl)nc(-c2ccc(Cl)cc2)nc1Cl. The molecule has 94 valence electrons. The molecule has 0 saturated heterocycles. The molecule has 0 amide bonds. The van der Waals surface area contributed by atoms with Gasteiger partial charge in [-0.25, -0.2) is 9.97 Å². The van der Waals surface area contributed by atoms with Gasteiger partial charge in [0.25, 0.3) is 0 Å². The van der Waals surface area contributed by atoms with Gasteiger partial charge in [0, 0.05) is 16.1 Å². The summed E-state index contributed by atoms with van der Waals surface area (Å²) in [6, 6.07) is 7.23. The number of aromatic nitrogens is 2. The van der Waals surface area contributed by atoms with Crippen LogP contribution in [0.5, 0.6) is 0 Å². The van der Waals surface area contributed by atoms with Crippen LogP contribution >= 0.6 is 34.8 Å². The minimum absolute atomic E-state index is 0.418. The third kappa shape index (κ3) is 2.94. The Morgan fingerprint density at radius 3 is 2.00 bits per heavy atom. The molecule has 1 aromatic carbocycles. The highest BCUT2D eigenvalue weighted by Gasteiger charge is 2.11. The van der Waals surface area contributed by atoms with Crippen LogP contribution in [-0.4, -0.2) is 9.97 Å². The van der Waals surface area contributed by atoms with E-state index in [2.05, 4.69) is 16.9 Å². The number of rotatable bonds is 3. The molecule has 1 heterocycles. The lowest BCUT2D eigenvalue weighted by Crippen LogP contribution is -1.97. The normalized spacial score (nSPS) is 10.7. The zero-order valence-electron chi connectivity index (χ0n) is 9.75. The summed E-state index contributed by atoms with van der Waals surface area (Å²) in [5.41, 5.74) is 1.64. The summed E-state index contributed by atoms with van der Waals surface area (Å²) in [5, 5.41) is 1.50. The van der Waals surface area contributed by atoms with E-state index in [-0.39, 0.29) is 0 Å². The standard InChI is InChI=1S/C13H11Cl3N2/c1-2-3-10-11(15)17-13(18-12(10)16)8-4-6-9(14)7-5-8/h4-7H,2-3H2,1H3. The van der Waals surface area contributed by atoms with E-state index < -0.39 is 0 Å². The van der Waals surface area contributed by atoms with E-state index in [1.54, 1.807) is 12.1 Å². The third-order valence-corrected chi connectivity index (χ3v) is 3.39. The molecule has 2 nitrogen and oxygen atoms in total. The Morgan fingerprint density at radius 2 is 1.50 bits per heavy atom. The maximum absolute atomic E-state index is 6.13. The van der Waals surface area contributed by atoms with Gasteiger partial charge in [-0.1, -0.05) is 48.1 Å². The minimum atomic E-state index is 0.418. The molecule has 0 N–H and O–H groups in total. The number of benzene rings is 1. The van der Waals surface area contributed by atoms with Crippen molar-refractivity contribution >= 4 is 34.8 Å². The first-order valence-corrected chi connectivity index (χ1v) is 6.73. The summed E-state index contributed by atoms with van der Waals surface area (Å²) in [6.07, 6.45) is 1.72. The predicted octanol–water partition coefficient (Wildman–Crippen LogP) is 5.06. The van der Waals surface area contributed by atoms with Gasteiger partial charge in [0.1, 0.15) is 10.3 Å². The molecule has 0 aliphatic heterocycles. The second-order valence-corrected chi connectivity index (χ2v) is 5.02. The van der Waals surface area contributed by atoms with E-state index in [9.17, 15) is 0 Å². The van der Waals surface area contributed by atoms with Crippen LogP contribution < -0.4 is 0 Å². The maximum Gasteiger partial charge on any atom is 0.162 e. The van der Waals surface area contributed by atoms with E-state index in [1.807, 2.05) is 12.1 Å². The number of hydrogen-bond donors (Lipinski definition) is 0. The fourth-order valence-corrected chi connectivity index (χ4v) is 2.32. The Balaban J connectivity index is 2.44. The topological polar surface area (TPSA) is 25.8 Å². The van der Waals surface area contributed by atoms with Crippen molar-refractivity contribution in [1.82, 2.24) is 9.97 Å². The molecule has 0 spiro atoms. The van der Waals surface area contributed by atoms with Crippen molar-refractivity contribution in [3.63, 3.8) is 0 Å². The molecule has 0 unspecified atom stereocenters. The smallest absolute Gasteiger partial charge is 0.162 e. The van der Waals surface area contributed by atoms with Crippen molar-refractivity contribution in [2.45, 2.75) is 19.8 Å². The Labute approximate surface area is 121 Å². The lowest BCUT2D eigenvalue weighted by Gasteiger charge is -2.07. The number of nitrogens with zero attached hydrogens (tertiary/aromatic N) is 2. The van der Waals surface area contributed by atoms with Gasteiger partial charge >= 0.3 is 0 Å². The van der Waals surface area contributed by atoms with Gasteiger partial charge in [-0.05, 0) is 30.7 Å². The fraction of sp³-hybridized carbons (Fsp3) is 0.231. The predicted molar refractivity (Wildman–Crippen MR) is 76.5 cm³/mol. The van der Waals surface area contributed by atoms with Gasteiger partial charge in [-0.15, -0.1) is 0 Å². The van der Waals surface area contributed by atoms with Crippen LogP contribution in [-0.2, 0) is 6.42 Å². The van der Waals surface area contributed by atoms with Gasteiger partial charge in [-0.3, -0.25) is 0 Å². The monoisotopic (exact) mass is 300 g/mol. The molecule has 2 aromatic rings. The van der Waals surface area contributed by atoms with E-state index in [0.717, 1.165) is 24.0 Å². The fourth-order valence-electron chi connectivity index (χ4n) is 1.62. The Kier molecular flexibility index (Phi) is 4.44. The molecular formula is C13H11Cl3N2. The van der Waals surface area contributed by atoms with Gasteiger partial charge in [0.15, 0.2) is 5.82 Å². The van der Waals surface area contributed by atoms with Gasteiger partial charge in [0.2, 0.25) is 0 Å². The average molecular weight is 302 g/mol. The number of hydrogen-bond acceptors (Lipinski definition) is 2. The second kappa shape index (κ2) is 5.87. The van der Waals surface area contributed by atoms with Crippen LogP contribution in [0.1, 0.15) is 18.9 Å². The molecule has 18 heavy (non-hydrogen) atoms. The third-order valence-electron chi connectivity index (χ3n) is 2.51. The molecule has 2 rings (SSSR count). The lowest BCUT2D eigenvalue weighted by atomic mass is 10.2. The van der Waals surface area contributed by atoms with Crippen LogP contribution in [0.2, 0.25) is 15.3 Å². The largest absolute Gasteiger partial charge is 0.216 e. The van der Waals surface area contributed by atoms with Crippen molar-refractivity contribution < 1.29 is 0 Å². The first-order chi connectivity index (χ1) is 8.61. The Morgan fingerprint density at radius 1 is 0.944 bits per heavy atom. The van der Waals surface area contributed by atoms with Crippen LogP contribution in [0.25, 0.3) is 11.4 Å². The van der Waals surface area contributed by atoms with Crippen LogP contribution in [0.3, 0.4) is 0 Å². The second-order valence-electron chi connectivity index (χ2n) is 3.86. The minimum Gasteiger partial charge on any atom is -0.216 e. The summed E-state index contributed by atoms with van der Waals surface area (Å²) in [5.74, 6) is 0.515. The summed E-state index contributed by atoms with van der Waals surface area (Å²) in [7, 11) is 0. The highest BCUT2D eigenvalue weighted by atomic mass is 35.5. The zero-order valence-corrected chi connectivity index (χ0v) is 12.0. The lowest BCUT2D eigenvalue weighted by molar-refractivity contribution is 0.903. The molecule has 0 saturated carbocycles. The Bertz CT molecular complexity index is 530. The maximum atomic E-state index is 6.13. The Hall–Kier alpha value is -0.830. The zero-order chi connectivity index (χ0) is 13.1. The van der Waals surface area contributed by atoms with Crippen molar-refractivity contribution in [2.75, 3.05) is 0 Å². The van der Waals surface area contributed by atoms with E-state index >= 15 is 0 Å². The highest BCUT2D eigenvalue weighted by Crippen LogP contribution is 2.27. The van der Waals surface area contributed by atoms with Crippen molar-refractivity contribution in [3.05, 3.63) is 45.2 Å². The first-order valence-electron chi connectivity index (χ1n) is 5.59. The summed E-state index contributed by atoms with van der Waals surface area (Å²) in [4.78, 5) is 8.56. The van der Waals surface area contributed by atoms with Gasteiger partial charge < -0.3 is 0 Å². The summed E-state index contributed by atoms with van der Waals surface area (Å²) >= 11 is 18.1. The molecule has 5 heteroatoms. The van der Waals surface area contributed by atoms with E-state index in [4.69, 9.17) is 34.8 Å². The van der Waals surface area contributed by atoms with E-state index in [1.165, 1.54) is 0 Å². The van der Waals surface area contributed by atoms with Crippen molar-refractivity contribution in [3.8, 4) is 11.4 Å². The van der Waals surface area contributed by atoms with Gasteiger partial charge in [-0.2, -0.15) is 0 Å². The van der Waals surface area contributed by atoms with Crippen LogP contribution in [0, 0.1) is 0 Å². The highest BCUT2D eigenvalue weighted by molar-refractivity contribution is 6.34. The van der Waals surface area contributed by atoms with Gasteiger partial charge in [0.05, 0.1) is 0 Å². The molecular weight excluding hydrogens is 291 g/mol. The molecule has 0 atom stereocenters. The summed E-state index contributed by atoms with van der Waals surface area (Å²) in [6.45, 7) is 2.06. The molecule has 0 fully saturated rings. The average Bonchev–Trinajstić information content (AvgIpc) is 2.34. The quantitative estimate of drug-likeness (QED) is 0.741. The first kappa shape index (κ1) is 13.6. The van der Waals surface area contributed by atoms with Crippen LogP contribution in [0.4, 0.5) is 0 Å². The van der Waals surface area contributed by atoms with Crippen molar-refractivity contribution in [2.24, 2.45) is 0 Å². The summed E-state index contributed by atoms with van der Waals surface area (Å²) < 4.78 is 0. The van der Waals surface area contributed by atoms with Crippen molar-refractivity contribution in [1.29, 1.82) is 0 Å². The molecule has 0 aliphatic carbocycles. The van der Waals surface area contributed by atoms with E-state index in [0.29, 0.717) is 21.2 Å². The molecule has 0 bridgehead atoms. The molecule has 0 aliphatic rings. The molecule has 0 radical (unpaired) electrons.